The monoisotopic (exact) mass is 222 g/mol. The second kappa shape index (κ2) is 3.47. The quantitative estimate of drug-likeness (QED) is 0.538. The minimum atomic E-state index is -0.737. The van der Waals surface area contributed by atoms with E-state index in [-0.39, 0.29) is 11.2 Å². The van der Waals surface area contributed by atoms with E-state index in [9.17, 15) is 9.59 Å². The van der Waals surface area contributed by atoms with Crippen molar-refractivity contribution in [3.8, 4) is 0 Å². The molecule has 1 heterocycles. The van der Waals surface area contributed by atoms with Gasteiger partial charge in [-0.25, -0.2) is 0 Å². The van der Waals surface area contributed by atoms with Crippen LogP contribution in [0.15, 0.2) is 16.7 Å². The summed E-state index contributed by atoms with van der Waals surface area (Å²) < 4.78 is 9.82. The number of carbonyl (C=O) groups is 2. The topological polar surface area (TPSA) is 56.5 Å². The Morgan fingerprint density at radius 2 is 2.25 bits per heavy atom. The molecule has 0 radical (unpaired) electrons. The Bertz CT molecular complexity index is 442. The number of hydrogen-bond donors (Lipinski definition) is 0. The van der Waals surface area contributed by atoms with Crippen molar-refractivity contribution in [1.82, 2.24) is 0 Å². The number of ether oxygens (including phenoxy) is 1. The van der Waals surface area contributed by atoms with Crippen LogP contribution in [0.5, 0.6) is 0 Å². The van der Waals surface area contributed by atoms with Crippen LogP contribution in [0.2, 0.25) is 0 Å². The van der Waals surface area contributed by atoms with Gasteiger partial charge in [-0.2, -0.15) is 0 Å². The summed E-state index contributed by atoms with van der Waals surface area (Å²) in [5.74, 6) is -1.20. The molecule has 86 valence electrons. The normalized spacial score (nSPS) is 22.7. The number of Topliss-reactive ketones (excluding diaryl/α,β-unsaturated/α-hetero) is 1. The molecule has 2 rings (SSSR count). The number of hydrogen-bond acceptors (Lipinski definition) is 4. The summed E-state index contributed by atoms with van der Waals surface area (Å²) in [7, 11) is 1.29. The smallest absolute Gasteiger partial charge is 0.316 e. The van der Waals surface area contributed by atoms with Crippen LogP contribution in [-0.4, -0.2) is 18.9 Å². The largest absolute Gasteiger partial charge is 0.468 e. The van der Waals surface area contributed by atoms with E-state index in [1.165, 1.54) is 13.4 Å². The second-order valence-corrected chi connectivity index (χ2v) is 4.69. The molecule has 4 heteroatoms. The van der Waals surface area contributed by atoms with Crippen LogP contribution in [0.25, 0.3) is 0 Å². The summed E-state index contributed by atoms with van der Waals surface area (Å²) in [5, 5.41) is 0. The molecule has 0 spiro atoms. The van der Waals surface area contributed by atoms with Crippen molar-refractivity contribution in [2.75, 3.05) is 7.11 Å². The Morgan fingerprint density at radius 3 is 2.88 bits per heavy atom. The van der Waals surface area contributed by atoms with E-state index in [0.29, 0.717) is 12.2 Å². The number of esters is 1. The Hall–Kier alpha value is -1.58. The molecule has 0 fully saturated rings. The van der Waals surface area contributed by atoms with Crippen molar-refractivity contribution < 1.29 is 18.7 Å². The SMILES string of the molecule is COC(=O)C1CC(C)(C)c2ccoc2C1=O. The zero-order valence-electron chi connectivity index (χ0n) is 9.57. The Balaban J connectivity index is 2.46. The van der Waals surface area contributed by atoms with Crippen LogP contribution < -0.4 is 0 Å². The van der Waals surface area contributed by atoms with E-state index in [1.807, 2.05) is 13.8 Å². The van der Waals surface area contributed by atoms with Gasteiger partial charge in [0.25, 0.3) is 0 Å². The first kappa shape index (κ1) is 10.9. The van der Waals surface area contributed by atoms with Crippen LogP contribution in [0.3, 0.4) is 0 Å². The lowest BCUT2D eigenvalue weighted by molar-refractivity contribution is -0.144. The van der Waals surface area contributed by atoms with Gasteiger partial charge in [0.1, 0.15) is 5.92 Å². The van der Waals surface area contributed by atoms with Crippen LogP contribution in [0, 0.1) is 5.92 Å². The highest BCUT2D eigenvalue weighted by molar-refractivity contribution is 6.09. The zero-order valence-corrected chi connectivity index (χ0v) is 9.57. The molecule has 0 aromatic carbocycles. The van der Waals surface area contributed by atoms with Crippen molar-refractivity contribution in [2.45, 2.75) is 25.7 Å². The van der Waals surface area contributed by atoms with Crippen molar-refractivity contribution in [3.05, 3.63) is 23.7 Å². The molecule has 0 amide bonds. The number of furan rings is 1. The lowest BCUT2D eigenvalue weighted by Crippen LogP contribution is -2.38. The third-order valence-corrected chi connectivity index (χ3v) is 3.13. The summed E-state index contributed by atoms with van der Waals surface area (Å²) in [6, 6.07) is 1.79. The van der Waals surface area contributed by atoms with Gasteiger partial charge >= 0.3 is 5.97 Å². The third-order valence-electron chi connectivity index (χ3n) is 3.13. The molecule has 1 aliphatic rings. The van der Waals surface area contributed by atoms with E-state index in [1.54, 1.807) is 6.07 Å². The van der Waals surface area contributed by atoms with Crippen molar-refractivity contribution in [2.24, 2.45) is 5.92 Å². The molecular weight excluding hydrogens is 208 g/mol. The first-order chi connectivity index (χ1) is 7.47. The van der Waals surface area contributed by atoms with E-state index in [0.717, 1.165) is 5.56 Å². The molecule has 0 saturated heterocycles. The number of carbonyl (C=O) groups excluding carboxylic acids is 2. The zero-order chi connectivity index (χ0) is 11.9. The highest BCUT2D eigenvalue weighted by Crippen LogP contribution is 2.40. The molecule has 16 heavy (non-hydrogen) atoms. The minimum absolute atomic E-state index is 0.241. The Labute approximate surface area is 93.6 Å². The number of ketones is 1. The summed E-state index contributed by atoms with van der Waals surface area (Å²) in [6.07, 6.45) is 1.95. The van der Waals surface area contributed by atoms with Gasteiger partial charge in [-0.15, -0.1) is 0 Å². The molecule has 1 aromatic heterocycles. The van der Waals surface area contributed by atoms with Gasteiger partial charge in [-0.3, -0.25) is 9.59 Å². The van der Waals surface area contributed by atoms with Gasteiger partial charge in [0, 0.05) is 5.56 Å². The fourth-order valence-electron chi connectivity index (χ4n) is 2.24. The highest BCUT2D eigenvalue weighted by atomic mass is 16.5. The lowest BCUT2D eigenvalue weighted by atomic mass is 9.70. The molecule has 0 bridgehead atoms. The third kappa shape index (κ3) is 1.45. The van der Waals surface area contributed by atoms with Crippen LogP contribution in [0.4, 0.5) is 0 Å². The molecule has 1 unspecified atom stereocenters. The van der Waals surface area contributed by atoms with Crippen molar-refractivity contribution in [1.29, 1.82) is 0 Å². The molecule has 0 saturated carbocycles. The fourth-order valence-corrected chi connectivity index (χ4v) is 2.24. The van der Waals surface area contributed by atoms with Gasteiger partial charge in [-0.1, -0.05) is 13.8 Å². The van der Waals surface area contributed by atoms with Gasteiger partial charge in [0.2, 0.25) is 5.78 Å². The molecule has 1 atom stereocenters. The van der Waals surface area contributed by atoms with E-state index in [4.69, 9.17) is 4.42 Å². The number of rotatable bonds is 1. The summed E-state index contributed by atoms with van der Waals surface area (Å²) >= 11 is 0. The van der Waals surface area contributed by atoms with Gasteiger partial charge in [0.05, 0.1) is 13.4 Å². The fraction of sp³-hybridized carbons (Fsp3) is 0.500. The second-order valence-electron chi connectivity index (χ2n) is 4.69. The molecular formula is C12H14O4. The van der Waals surface area contributed by atoms with Crippen LogP contribution in [-0.2, 0) is 14.9 Å². The molecule has 1 aromatic rings. The lowest BCUT2D eigenvalue weighted by Gasteiger charge is -2.32. The maximum Gasteiger partial charge on any atom is 0.316 e. The summed E-state index contributed by atoms with van der Waals surface area (Å²) in [6.45, 7) is 3.98. The molecule has 1 aliphatic carbocycles. The summed E-state index contributed by atoms with van der Waals surface area (Å²) in [4.78, 5) is 23.5. The maximum atomic E-state index is 12.0. The predicted octanol–water partition coefficient (Wildman–Crippen LogP) is 1.93. The average Bonchev–Trinajstić information content (AvgIpc) is 2.72. The van der Waals surface area contributed by atoms with Gasteiger partial charge in [0.15, 0.2) is 5.76 Å². The molecule has 0 N–H and O–H groups in total. The van der Waals surface area contributed by atoms with E-state index >= 15 is 0 Å². The number of methoxy groups -OCH3 is 1. The first-order valence-electron chi connectivity index (χ1n) is 5.17. The predicted molar refractivity (Wildman–Crippen MR) is 56.2 cm³/mol. The van der Waals surface area contributed by atoms with Crippen LogP contribution >= 0.6 is 0 Å². The Morgan fingerprint density at radius 1 is 1.56 bits per heavy atom. The van der Waals surface area contributed by atoms with Gasteiger partial charge < -0.3 is 9.15 Å². The Kier molecular flexibility index (Phi) is 2.37. The first-order valence-corrected chi connectivity index (χ1v) is 5.17. The standard InChI is InChI=1S/C12H14O4/c1-12(2)6-7(11(14)15-3)9(13)10-8(12)4-5-16-10/h4-5,7H,6H2,1-3H3. The molecule has 0 aliphatic heterocycles. The van der Waals surface area contributed by atoms with E-state index < -0.39 is 11.9 Å². The van der Waals surface area contributed by atoms with Crippen molar-refractivity contribution >= 4 is 11.8 Å². The molecule has 4 nitrogen and oxygen atoms in total. The van der Waals surface area contributed by atoms with Gasteiger partial charge in [-0.05, 0) is 17.9 Å². The summed E-state index contributed by atoms with van der Waals surface area (Å²) in [5.41, 5.74) is 0.632. The minimum Gasteiger partial charge on any atom is -0.468 e. The highest BCUT2D eigenvalue weighted by Gasteiger charge is 2.44. The number of fused-ring (bicyclic) bond motifs is 1. The average molecular weight is 222 g/mol. The van der Waals surface area contributed by atoms with Crippen LogP contribution in [0.1, 0.15) is 36.4 Å². The van der Waals surface area contributed by atoms with E-state index in [2.05, 4.69) is 4.74 Å². The maximum absolute atomic E-state index is 12.0. The van der Waals surface area contributed by atoms with Crippen molar-refractivity contribution in [3.63, 3.8) is 0 Å².